The first-order valence-electron chi connectivity index (χ1n) is 6.88. The summed E-state index contributed by atoms with van der Waals surface area (Å²) < 4.78 is 9.41. The molecule has 0 radical (unpaired) electrons. The minimum Gasteiger partial charge on any atom is -0.496 e. The van der Waals surface area contributed by atoms with Gasteiger partial charge in [0.1, 0.15) is 11.6 Å². The summed E-state index contributed by atoms with van der Waals surface area (Å²) in [4.78, 5) is 20.8. The highest BCUT2D eigenvalue weighted by molar-refractivity contribution is 7.09. The molecule has 6 nitrogen and oxygen atoms in total. The molecule has 3 rings (SSSR count). The van der Waals surface area contributed by atoms with E-state index in [4.69, 9.17) is 4.74 Å². The van der Waals surface area contributed by atoms with Crippen LogP contribution in [0.1, 0.15) is 16.2 Å². The van der Waals surface area contributed by atoms with Crippen LogP contribution in [0.2, 0.25) is 0 Å². The molecule has 0 atom stereocenters. The number of methoxy groups -OCH3 is 1. The summed E-state index contributed by atoms with van der Waals surface area (Å²) in [7, 11) is 1.59. The van der Waals surface area contributed by atoms with E-state index < -0.39 is 0 Å². The predicted octanol–water partition coefficient (Wildman–Crippen LogP) is 3.17. The monoisotopic (exact) mass is 326 g/mol. The Morgan fingerprint density at radius 3 is 2.78 bits per heavy atom. The molecule has 116 valence electrons. The van der Waals surface area contributed by atoms with Gasteiger partial charge in [-0.05, 0) is 37.3 Å². The highest BCUT2D eigenvalue weighted by Crippen LogP contribution is 2.29. The maximum absolute atomic E-state index is 12.4. The van der Waals surface area contributed by atoms with Crippen molar-refractivity contribution in [2.45, 2.75) is 6.92 Å². The first-order chi connectivity index (χ1) is 11.2. The van der Waals surface area contributed by atoms with Gasteiger partial charge in [-0.3, -0.25) is 15.1 Å². The van der Waals surface area contributed by atoms with Crippen LogP contribution >= 0.6 is 11.5 Å². The topological polar surface area (TPSA) is 77.0 Å². The van der Waals surface area contributed by atoms with E-state index in [2.05, 4.69) is 19.7 Å². The molecule has 0 fully saturated rings. The highest BCUT2D eigenvalue weighted by Gasteiger charge is 2.14. The van der Waals surface area contributed by atoms with Crippen molar-refractivity contribution in [2.24, 2.45) is 0 Å². The molecule has 0 bridgehead atoms. The lowest BCUT2D eigenvalue weighted by molar-refractivity contribution is 0.102. The van der Waals surface area contributed by atoms with Crippen LogP contribution in [0, 0.1) is 6.92 Å². The fourth-order valence-corrected chi connectivity index (χ4v) is 2.66. The van der Waals surface area contributed by atoms with Crippen LogP contribution in [-0.2, 0) is 0 Å². The van der Waals surface area contributed by atoms with Crippen LogP contribution in [0.5, 0.6) is 5.75 Å². The number of pyridine rings is 1. The molecule has 0 saturated heterocycles. The number of rotatable bonds is 4. The molecule has 1 amide bonds. The molecule has 0 saturated carbocycles. The molecule has 3 aromatic rings. The third-order valence-electron chi connectivity index (χ3n) is 3.15. The van der Waals surface area contributed by atoms with Gasteiger partial charge in [0.2, 0.25) is 5.13 Å². The van der Waals surface area contributed by atoms with E-state index in [0.717, 1.165) is 22.8 Å². The van der Waals surface area contributed by atoms with Gasteiger partial charge < -0.3 is 4.74 Å². The SMILES string of the molecule is COc1ccc(C(=O)Nc2nc(C)ns2)cc1-c1ccccn1. The number of benzene rings is 1. The normalized spacial score (nSPS) is 10.3. The summed E-state index contributed by atoms with van der Waals surface area (Å²) in [5.74, 6) is 1.04. The van der Waals surface area contributed by atoms with Gasteiger partial charge in [-0.15, -0.1) is 0 Å². The van der Waals surface area contributed by atoms with E-state index in [9.17, 15) is 4.79 Å². The predicted molar refractivity (Wildman–Crippen MR) is 88.8 cm³/mol. The summed E-state index contributed by atoms with van der Waals surface area (Å²) in [6.45, 7) is 1.78. The lowest BCUT2D eigenvalue weighted by Crippen LogP contribution is -2.12. The number of hydrogen-bond donors (Lipinski definition) is 1. The average molecular weight is 326 g/mol. The van der Waals surface area contributed by atoms with Crippen LogP contribution in [0.3, 0.4) is 0 Å². The van der Waals surface area contributed by atoms with E-state index in [1.807, 2.05) is 18.2 Å². The Kier molecular flexibility index (Phi) is 4.29. The molecular formula is C16H14N4O2S. The van der Waals surface area contributed by atoms with Gasteiger partial charge in [-0.2, -0.15) is 4.37 Å². The molecule has 0 aliphatic heterocycles. The van der Waals surface area contributed by atoms with Crippen LogP contribution in [0.25, 0.3) is 11.3 Å². The second kappa shape index (κ2) is 6.53. The lowest BCUT2D eigenvalue weighted by atomic mass is 10.1. The quantitative estimate of drug-likeness (QED) is 0.797. The summed E-state index contributed by atoms with van der Waals surface area (Å²) in [6, 6.07) is 10.8. The van der Waals surface area contributed by atoms with Crippen molar-refractivity contribution in [3.8, 4) is 17.0 Å². The molecule has 2 aromatic heterocycles. The van der Waals surface area contributed by atoms with Crippen molar-refractivity contribution in [3.63, 3.8) is 0 Å². The van der Waals surface area contributed by atoms with E-state index in [1.165, 1.54) is 0 Å². The standard InChI is InChI=1S/C16H14N4O2S/c1-10-18-16(23-20-10)19-15(21)11-6-7-14(22-2)12(9-11)13-5-3-4-8-17-13/h3-9H,1-2H3,(H,18,19,20,21). The zero-order valence-corrected chi connectivity index (χ0v) is 13.4. The fraction of sp³-hybridized carbons (Fsp3) is 0.125. The Balaban J connectivity index is 1.93. The Hall–Kier alpha value is -2.80. The number of nitrogens with one attached hydrogen (secondary N) is 1. The van der Waals surface area contributed by atoms with Crippen molar-refractivity contribution < 1.29 is 9.53 Å². The first-order valence-corrected chi connectivity index (χ1v) is 7.66. The number of amides is 1. The number of carbonyl (C=O) groups excluding carboxylic acids is 1. The van der Waals surface area contributed by atoms with Gasteiger partial charge in [0.25, 0.3) is 5.91 Å². The van der Waals surface area contributed by atoms with E-state index in [0.29, 0.717) is 22.3 Å². The zero-order valence-electron chi connectivity index (χ0n) is 12.6. The number of carbonyl (C=O) groups is 1. The summed E-state index contributed by atoms with van der Waals surface area (Å²) in [5.41, 5.74) is 2.00. The number of anilines is 1. The Bertz CT molecular complexity index is 833. The van der Waals surface area contributed by atoms with Gasteiger partial charge in [-0.25, -0.2) is 4.98 Å². The number of aryl methyl sites for hydroxylation is 1. The van der Waals surface area contributed by atoms with Crippen molar-refractivity contribution in [1.82, 2.24) is 14.3 Å². The summed E-state index contributed by atoms with van der Waals surface area (Å²) in [5, 5.41) is 3.21. The number of hydrogen-bond acceptors (Lipinski definition) is 6. The maximum atomic E-state index is 12.4. The maximum Gasteiger partial charge on any atom is 0.257 e. The van der Waals surface area contributed by atoms with E-state index >= 15 is 0 Å². The molecular weight excluding hydrogens is 312 g/mol. The van der Waals surface area contributed by atoms with Crippen LogP contribution in [0.15, 0.2) is 42.6 Å². The lowest BCUT2D eigenvalue weighted by Gasteiger charge is -2.10. The van der Waals surface area contributed by atoms with Gasteiger partial charge >= 0.3 is 0 Å². The van der Waals surface area contributed by atoms with Crippen LogP contribution < -0.4 is 10.1 Å². The largest absolute Gasteiger partial charge is 0.496 e. The Morgan fingerprint density at radius 2 is 2.13 bits per heavy atom. The van der Waals surface area contributed by atoms with Crippen molar-refractivity contribution in [1.29, 1.82) is 0 Å². The second-order valence-electron chi connectivity index (χ2n) is 4.73. The van der Waals surface area contributed by atoms with Crippen LogP contribution in [0.4, 0.5) is 5.13 Å². The summed E-state index contributed by atoms with van der Waals surface area (Å²) in [6.07, 6.45) is 1.70. The minimum absolute atomic E-state index is 0.249. The molecule has 1 N–H and O–H groups in total. The first kappa shape index (κ1) is 15.1. The second-order valence-corrected chi connectivity index (χ2v) is 5.48. The van der Waals surface area contributed by atoms with Crippen molar-refractivity contribution in [2.75, 3.05) is 12.4 Å². The Labute approximate surface area is 137 Å². The minimum atomic E-state index is -0.249. The number of aromatic nitrogens is 3. The van der Waals surface area contributed by atoms with Gasteiger partial charge in [0.05, 0.1) is 12.8 Å². The van der Waals surface area contributed by atoms with Gasteiger partial charge in [0, 0.05) is 28.9 Å². The number of ether oxygens (including phenoxy) is 1. The molecule has 2 heterocycles. The molecule has 0 aliphatic rings. The van der Waals surface area contributed by atoms with E-state index in [1.54, 1.807) is 38.4 Å². The fourth-order valence-electron chi connectivity index (χ4n) is 2.09. The zero-order chi connectivity index (χ0) is 16.2. The smallest absolute Gasteiger partial charge is 0.257 e. The van der Waals surface area contributed by atoms with E-state index in [-0.39, 0.29) is 5.91 Å². The molecule has 7 heteroatoms. The molecule has 0 aliphatic carbocycles. The highest BCUT2D eigenvalue weighted by atomic mass is 32.1. The third-order valence-corrected chi connectivity index (χ3v) is 3.87. The summed E-state index contributed by atoms with van der Waals surface area (Å²) >= 11 is 1.15. The molecule has 0 spiro atoms. The molecule has 23 heavy (non-hydrogen) atoms. The molecule has 0 unspecified atom stereocenters. The van der Waals surface area contributed by atoms with Crippen molar-refractivity contribution >= 4 is 22.6 Å². The average Bonchev–Trinajstić information content (AvgIpc) is 3.00. The third kappa shape index (κ3) is 3.35. The van der Waals surface area contributed by atoms with Crippen molar-refractivity contribution in [3.05, 3.63) is 54.0 Å². The molecule has 1 aromatic carbocycles. The van der Waals surface area contributed by atoms with Crippen LogP contribution in [-0.4, -0.2) is 27.4 Å². The number of nitrogens with zero attached hydrogens (tertiary/aromatic N) is 3. The van der Waals surface area contributed by atoms with Gasteiger partial charge in [-0.1, -0.05) is 6.07 Å². The Morgan fingerprint density at radius 1 is 1.26 bits per heavy atom. The van der Waals surface area contributed by atoms with Gasteiger partial charge in [0.15, 0.2) is 0 Å².